The molecule has 0 fully saturated rings. The molecule has 4 nitrogen and oxygen atoms in total. The maximum atomic E-state index is 11.5. The van der Waals surface area contributed by atoms with Crippen molar-refractivity contribution in [1.82, 2.24) is 0 Å². The molecule has 0 saturated heterocycles. The van der Waals surface area contributed by atoms with E-state index in [4.69, 9.17) is 21.4 Å². The van der Waals surface area contributed by atoms with E-state index in [9.17, 15) is 4.79 Å². The molecule has 0 radical (unpaired) electrons. The van der Waals surface area contributed by atoms with Crippen molar-refractivity contribution in [2.24, 2.45) is 0 Å². The highest BCUT2D eigenvalue weighted by atomic mass is 35.5. The highest BCUT2D eigenvalue weighted by Gasteiger charge is 2.16. The standard InChI is InChI=1S/C12H16ClNO3/c1-12(2,3)17-11(16)14-10-5-8(7-15)4-9(13)6-10/h4-6,15H,7H2,1-3H3,(H,14,16). The molecule has 2 N–H and O–H groups in total. The SMILES string of the molecule is CC(C)(C)OC(=O)Nc1cc(Cl)cc(CO)c1. The van der Waals surface area contributed by atoms with Crippen molar-refractivity contribution in [3.8, 4) is 0 Å². The molecule has 0 bridgehead atoms. The lowest BCUT2D eigenvalue weighted by Gasteiger charge is -2.19. The predicted octanol–water partition coefficient (Wildman–Crippen LogP) is 3.18. The number of ether oxygens (including phenoxy) is 1. The number of hydrogen-bond acceptors (Lipinski definition) is 3. The number of amides is 1. The quantitative estimate of drug-likeness (QED) is 0.856. The summed E-state index contributed by atoms with van der Waals surface area (Å²) in [5, 5.41) is 12.0. The molecule has 0 unspecified atom stereocenters. The summed E-state index contributed by atoms with van der Waals surface area (Å²) in [6.07, 6.45) is -0.552. The van der Waals surface area contributed by atoms with Gasteiger partial charge in [-0.25, -0.2) is 4.79 Å². The van der Waals surface area contributed by atoms with Gasteiger partial charge in [-0.2, -0.15) is 0 Å². The van der Waals surface area contributed by atoms with Crippen LogP contribution in [0.4, 0.5) is 10.5 Å². The van der Waals surface area contributed by atoms with Gasteiger partial charge >= 0.3 is 6.09 Å². The molecule has 0 saturated carbocycles. The lowest BCUT2D eigenvalue weighted by molar-refractivity contribution is 0.0636. The Bertz CT molecular complexity index is 413. The molecule has 1 rings (SSSR count). The Balaban J connectivity index is 2.74. The van der Waals surface area contributed by atoms with E-state index in [1.807, 2.05) is 0 Å². The lowest BCUT2D eigenvalue weighted by atomic mass is 10.2. The van der Waals surface area contributed by atoms with Crippen LogP contribution in [0.1, 0.15) is 26.3 Å². The van der Waals surface area contributed by atoms with Crippen LogP contribution in [-0.2, 0) is 11.3 Å². The van der Waals surface area contributed by atoms with Crippen molar-refractivity contribution in [3.05, 3.63) is 28.8 Å². The van der Waals surface area contributed by atoms with Crippen LogP contribution in [0, 0.1) is 0 Å². The van der Waals surface area contributed by atoms with Crippen molar-refractivity contribution in [3.63, 3.8) is 0 Å². The van der Waals surface area contributed by atoms with Crippen LogP contribution in [0.25, 0.3) is 0 Å². The smallest absolute Gasteiger partial charge is 0.412 e. The maximum Gasteiger partial charge on any atom is 0.412 e. The van der Waals surface area contributed by atoms with Crippen molar-refractivity contribution in [2.45, 2.75) is 33.0 Å². The van der Waals surface area contributed by atoms with E-state index < -0.39 is 11.7 Å². The molecule has 17 heavy (non-hydrogen) atoms. The number of aliphatic hydroxyl groups excluding tert-OH is 1. The minimum absolute atomic E-state index is 0.135. The Hall–Kier alpha value is -1.26. The first kappa shape index (κ1) is 13.8. The molecule has 0 atom stereocenters. The molecule has 1 aromatic carbocycles. The van der Waals surface area contributed by atoms with Gasteiger partial charge in [-0.05, 0) is 44.5 Å². The first-order valence-corrected chi connectivity index (χ1v) is 5.58. The van der Waals surface area contributed by atoms with E-state index >= 15 is 0 Å². The van der Waals surface area contributed by atoms with Gasteiger partial charge in [-0.1, -0.05) is 11.6 Å². The fourth-order valence-corrected chi connectivity index (χ4v) is 1.49. The zero-order valence-corrected chi connectivity index (χ0v) is 10.8. The molecule has 1 amide bonds. The number of rotatable bonds is 2. The van der Waals surface area contributed by atoms with Gasteiger partial charge < -0.3 is 9.84 Å². The van der Waals surface area contributed by atoms with Gasteiger partial charge in [0.2, 0.25) is 0 Å². The molecule has 0 aliphatic rings. The predicted molar refractivity (Wildman–Crippen MR) is 67.2 cm³/mol. The van der Waals surface area contributed by atoms with E-state index in [1.54, 1.807) is 39.0 Å². The van der Waals surface area contributed by atoms with Crippen LogP contribution >= 0.6 is 11.6 Å². The molecule has 0 heterocycles. The van der Waals surface area contributed by atoms with Crippen molar-refractivity contribution >= 4 is 23.4 Å². The van der Waals surface area contributed by atoms with E-state index in [0.29, 0.717) is 16.3 Å². The molecule has 5 heteroatoms. The third-order valence-corrected chi connectivity index (χ3v) is 2.00. The third-order valence-electron chi connectivity index (χ3n) is 1.79. The summed E-state index contributed by atoms with van der Waals surface area (Å²) in [6, 6.07) is 4.85. The van der Waals surface area contributed by atoms with Crippen molar-refractivity contribution < 1.29 is 14.6 Å². The zero-order valence-electron chi connectivity index (χ0n) is 10.1. The van der Waals surface area contributed by atoms with Crippen LogP contribution in [0.5, 0.6) is 0 Å². The molecule has 0 aliphatic carbocycles. The van der Waals surface area contributed by atoms with Crippen LogP contribution in [0.2, 0.25) is 5.02 Å². The summed E-state index contributed by atoms with van der Waals surface area (Å²) >= 11 is 5.84. The van der Waals surface area contributed by atoms with Gasteiger partial charge in [0, 0.05) is 10.7 Å². The van der Waals surface area contributed by atoms with Crippen LogP contribution in [0.3, 0.4) is 0 Å². The Labute approximate surface area is 106 Å². The van der Waals surface area contributed by atoms with Crippen LogP contribution in [0.15, 0.2) is 18.2 Å². The molecule has 1 aromatic rings. The number of halogens is 1. The Kier molecular flexibility index (Phi) is 4.37. The average molecular weight is 258 g/mol. The van der Waals surface area contributed by atoms with E-state index in [2.05, 4.69) is 5.32 Å². The Morgan fingerprint density at radius 2 is 2.06 bits per heavy atom. The second-order valence-electron chi connectivity index (χ2n) is 4.63. The van der Waals surface area contributed by atoms with Crippen LogP contribution in [-0.4, -0.2) is 16.8 Å². The molecule has 0 aromatic heterocycles. The summed E-state index contributed by atoms with van der Waals surface area (Å²) in [6.45, 7) is 5.21. The average Bonchev–Trinajstić information content (AvgIpc) is 2.13. The molecular formula is C12H16ClNO3. The van der Waals surface area contributed by atoms with Gasteiger partial charge in [0.15, 0.2) is 0 Å². The number of nitrogens with one attached hydrogen (secondary N) is 1. The van der Waals surface area contributed by atoms with Gasteiger partial charge in [0.05, 0.1) is 6.61 Å². The number of anilines is 1. The van der Waals surface area contributed by atoms with Gasteiger partial charge in [0.25, 0.3) is 0 Å². The monoisotopic (exact) mass is 257 g/mol. The maximum absolute atomic E-state index is 11.5. The van der Waals surface area contributed by atoms with E-state index in [0.717, 1.165) is 0 Å². The lowest BCUT2D eigenvalue weighted by Crippen LogP contribution is -2.27. The first-order chi connectivity index (χ1) is 7.80. The molecule has 0 spiro atoms. The molecular weight excluding hydrogens is 242 g/mol. The molecule has 94 valence electrons. The summed E-state index contributed by atoms with van der Waals surface area (Å²) in [5.74, 6) is 0. The highest BCUT2D eigenvalue weighted by molar-refractivity contribution is 6.31. The first-order valence-electron chi connectivity index (χ1n) is 5.20. The number of benzene rings is 1. The van der Waals surface area contributed by atoms with Crippen LogP contribution < -0.4 is 5.32 Å². The van der Waals surface area contributed by atoms with Crippen molar-refractivity contribution in [2.75, 3.05) is 5.32 Å². The summed E-state index contributed by atoms with van der Waals surface area (Å²) in [5.41, 5.74) is 0.571. The second kappa shape index (κ2) is 5.38. The topological polar surface area (TPSA) is 58.6 Å². The number of aliphatic hydroxyl groups is 1. The summed E-state index contributed by atoms with van der Waals surface area (Å²) in [4.78, 5) is 11.5. The summed E-state index contributed by atoms with van der Waals surface area (Å²) in [7, 11) is 0. The minimum atomic E-state index is -0.553. The van der Waals surface area contributed by atoms with E-state index in [-0.39, 0.29) is 6.61 Å². The fraction of sp³-hybridized carbons (Fsp3) is 0.417. The summed E-state index contributed by atoms with van der Waals surface area (Å²) < 4.78 is 5.10. The normalized spacial score (nSPS) is 11.1. The molecule has 0 aliphatic heterocycles. The highest BCUT2D eigenvalue weighted by Crippen LogP contribution is 2.20. The van der Waals surface area contributed by atoms with E-state index in [1.165, 1.54) is 0 Å². The van der Waals surface area contributed by atoms with Gasteiger partial charge in [-0.15, -0.1) is 0 Å². The Morgan fingerprint density at radius 1 is 1.41 bits per heavy atom. The number of hydrogen-bond donors (Lipinski definition) is 2. The second-order valence-corrected chi connectivity index (χ2v) is 5.07. The number of carbonyl (C=O) groups is 1. The third kappa shape index (κ3) is 5.06. The van der Waals surface area contributed by atoms with Gasteiger partial charge in [0.1, 0.15) is 5.60 Å². The Morgan fingerprint density at radius 3 is 2.59 bits per heavy atom. The minimum Gasteiger partial charge on any atom is -0.444 e. The number of carbonyl (C=O) groups excluding carboxylic acids is 1. The van der Waals surface area contributed by atoms with Gasteiger partial charge in [-0.3, -0.25) is 5.32 Å². The fourth-order valence-electron chi connectivity index (χ4n) is 1.24. The zero-order chi connectivity index (χ0) is 13.1. The largest absolute Gasteiger partial charge is 0.444 e. The van der Waals surface area contributed by atoms with Crippen molar-refractivity contribution in [1.29, 1.82) is 0 Å².